The Hall–Kier alpha value is -1.15. The molecule has 0 unspecified atom stereocenters. The summed E-state index contributed by atoms with van der Waals surface area (Å²) in [6.07, 6.45) is 18.1. The van der Waals surface area contributed by atoms with Crippen LogP contribution in [-0.2, 0) is 16.0 Å². The van der Waals surface area contributed by atoms with Crippen LogP contribution >= 0.6 is 0 Å². The van der Waals surface area contributed by atoms with Crippen molar-refractivity contribution in [2.75, 3.05) is 34.2 Å². The highest BCUT2D eigenvalue weighted by Gasteiger charge is 2.41. The van der Waals surface area contributed by atoms with Crippen molar-refractivity contribution in [3.8, 4) is 0 Å². The number of nitrogens with zero attached hydrogens (tertiary/aromatic N) is 2. The summed E-state index contributed by atoms with van der Waals surface area (Å²) in [5.41, 5.74) is 1.16. The van der Waals surface area contributed by atoms with E-state index in [2.05, 4.69) is 45.5 Å². The lowest BCUT2D eigenvalue weighted by Crippen LogP contribution is -3.00. The average molecular weight is 628 g/mol. The minimum Gasteiger partial charge on any atom is -1.00 e. The van der Waals surface area contributed by atoms with Crippen LogP contribution in [0.25, 0.3) is 0 Å². The first kappa shape index (κ1) is 33.9. The number of rotatable bonds is 18. The van der Waals surface area contributed by atoms with E-state index in [1.807, 2.05) is 23.1 Å². The van der Waals surface area contributed by atoms with Crippen LogP contribution < -0.4 is 29.3 Å². The number of hydrogen-bond acceptors (Lipinski definition) is 2. The third-order valence-corrected chi connectivity index (χ3v) is 7.66. The molecule has 0 spiro atoms. The number of carbonyl (C=O) groups is 2. The second-order valence-corrected chi connectivity index (χ2v) is 11.7. The van der Waals surface area contributed by atoms with Gasteiger partial charge in [0.05, 0.1) is 21.1 Å². The van der Waals surface area contributed by atoms with Gasteiger partial charge in [-0.1, -0.05) is 108 Å². The van der Waals surface area contributed by atoms with Gasteiger partial charge < -0.3 is 38.7 Å². The fourth-order valence-corrected chi connectivity index (χ4v) is 5.32. The van der Waals surface area contributed by atoms with E-state index in [1.165, 1.54) is 70.6 Å². The maximum atomic E-state index is 13.6. The SMILES string of the molecule is CCCCCCCCCCCCCCNC(=O)[C@@H]1CCCN1C(=O)[C@H](Cc1ccccc1)[N+](C)(C)C.[I-]. The highest BCUT2D eigenvalue weighted by Crippen LogP contribution is 2.23. The molecule has 1 fully saturated rings. The van der Waals surface area contributed by atoms with Gasteiger partial charge in [0.1, 0.15) is 6.04 Å². The Labute approximate surface area is 244 Å². The van der Waals surface area contributed by atoms with Crippen molar-refractivity contribution < 1.29 is 38.0 Å². The molecule has 1 N–H and O–H groups in total. The third-order valence-electron chi connectivity index (χ3n) is 7.66. The van der Waals surface area contributed by atoms with E-state index >= 15 is 0 Å². The molecular weight excluding hydrogens is 573 g/mol. The fourth-order valence-electron chi connectivity index (χ4n) is 5.32. The molecular formula is C31H54IN3O2. The highest BCUT2D eigenvalue weighted by molar-refractivity contribution is 5.90. The lowest BCUT2D eigenvalue weighted by molar-refractivity contribution is -0.886. The molecule has 2 atom stereocenters. The van der Waals surface area contributed by atoms with Gasteiger partial charge in [0, 0.05) is 19.5 Å². The Kier molecular flexibility index (Phi) is 17.4. The molecule has 2 amide bonds. The van der Waals surface area contributed by atoms with Crippen molar-refractivity contribution in [3.05, 3.63) is 35.9 Å². The number of likely N-dealkylation sites (N-methyl/N-ethyl adjacent to an activating group) is 1. The fraction of sp³-hybridized carbons (Fsp3) is 0.742. The molecule has 1 aromatic rings. The molecule has 2 rings (SSSR count). The number of likely N-dealkylation sites (tertiary alicyclic amines) is 1. The number of carbonyl (C=O) groups excluding carboxylic acids is 2. The highest BCUT2D eigenvalue weighted by atomic mass is 127. The van der Waals surface area contributed by atoms with Gasteiger partial charge in [-0.05, 0) is 24.8 Å². The second kappa shape index (κ2) is 19.0. The molecule has 212 valence electrons. The van der Waals surface area contributed by atoms with Crippen molar-refractivity contribution in [1.82, 2.24) is 10.2 Å². The standard InChI is InChI=1S/C31H53N3O2.HI/c1-5-6-7-8-9-10-11-12-13-14-15-19-24-32-30(35)28-23-20-25-33(28)31(36)29(34(2,3)4)26-27-21-17-16-18-22-27;/h16-18,21-22,28-29H,5-15,19-20,23-26H2,1-4H3;1H/t28-,29-;/m0./s1. The molecule has 6 heteroatoms. The van der Waals surface area contributed by atoms with Crippen molar-refractivity contribution in [3.63, 3.8) is 0 Å². The van der Waals surface area contributed by atoms with E-state index in [0.717, 1.165) is 31.4 Å². The number of nitrogens with one attached hydrogen (secondary N) is 1. The number of quaternary nitrogens is 1. The number of amides is 2. The van der Waals surface area contributed by atoms with Crippen LogP contribution in [0, 0.1) is 0 Å². The van der Waals surface area contributed by atoms with Gasteiger partial charge in [-0.25, -0.2) is 0 Å². The van der Waals surface area contributed by atoms with E-state index in [1.54, 1.807) is 0 Å². The van der Waals surface area contributed by atoms with Crippen molar-refractivity contribution in [2.24, 2.45) is 0 Å². The topological polar surface area (TPSA) is 49.4 Å². The molecule has 1 aliphatic heterocycles. The van der Waals surface area contributed by atoms with Crippen LogP contribution in [0.5, 0.6) is 0 Å². The van der Waals surface area contributed by atoms with Crippen LogP contribution in [0.3, 0.4) is 0 Å². The minimum absolute atomic E-state index is 0. The predicted octanol–water partition coefficient (Wildman–Crippen LogP) is 3.12. The Morgan fingerprint density at radius 2 is 1.43 bits per heavy atom. The van der Waals surface area contributed by atoms with Gasteiger partial charge in [0.25, 0.3) is 5.91 Å². The lowest BCUT2D eigenvalue weighted by Gasteiger charge is -2.37. The largest absolute Gasteiger partial charge is 1.00 e. The lowest BCUT2D eigenvalue weighted by atomic mass is 10.0. The number of hydrogen-bond donors (Lipinski definition) is 1. The molecule has 1 aliphatic rings. The molecule has 0 radical (unpaired) electrons. The van der Waals surface area contributed by atoms with E-state index < -0.39 is 0 Å². The Balaban J connectivity index is 0.00000684. The van der Waals surface area contributed by atoms with Gasteiger partial charge in [-0.15, -0.1) is 0 Å². The number of halogens is 1. The van der Waals surface area contributed by atoms with Crippen molar-refractivity contribution >= 4 is 11.8 Å². The molecule has 0 aromatic heterocycles. The molecule has 1 aromatic carbocycles. The molecule has 0 bridgehead atoms. The number of unbranched alkanes of at least 4 members (excludes halogenated alkanes) is 11. The zero-order valence-electron chi connectivity index (χ0n) is 24.2. The first-order valence-electron chi connectivity index (χ1n) is 14.8. The average Bonchev–Trinajstić information content (AvgIpc) is 3.35. The Bertz CT molecular complexity index is 751. The summed E-state index contributed by atoms with van der Waals surface area (Å²) in [6, 6.07) is 9.70. The Morgan fingerprint density at radius 1 is 0.892 bits per heavy atom. The normalized spacial score (nSPS) is 16.3. The first-order valence-corrected chi connectivity index (χ1v) is 14.8. The summed E-state index contributed by atoms with van der Waals surface area (Å²) < 4.78 is 0.553. The van der Waals surface area contributed by atoms with Gasteiger partial charge in [-0.3, -0.25) is 9.59 Å². The summed E-state index contributed by atoms with van der Waals surface area (Å²) in [5.74, 6) is 0.137. The van der Waals surface area contributed by atoms with E-state index in [-0.39, 0.29) is 47.9 Å². The predicted molar refractivity (Wildman–Crippen MR) is 151 cm³/mol. The van der Waals surface area contributed by atoms with Crippen LogP contribution in [0.2, 0.25) is 0 Å². The zero-order chi connectivity index (χ0) is 26.2. The van der Waals surface area contributed by atoms with Crippen LogP contribution in [0.4, 0.5) is 0 Å². The summed E-state index contributed by atoms with van der Waals surface area (Å²) in [6.45, 7) is 3.67. The molecule has 1 heterocycles. The summed E-state index contributed by atoms with van der Waals surface area (Å²) >= 11 is 0. The molecule has 37 heavy (non-hydrogen) atoms. The maximum Gasteiger partial charge on any atom is 0.281 e. The van der Waals surface area contributed by atoms with Gasteiger partial charge >= 0.3 is 0 Å². The van der Waals surface area contributed by atoms with Gasteiger partial charge in [0.15, 0.2) is 6.04 Å². The first-order chi connectivity index (χ1) is 17.3. The van der Waals surface area contributed by atoms with Gasteiger partial charge in [0.2, 0.25) is 5.91 Å². The van der Waals surface area contributed by atoms with Crippen LogP contribution in [0.1, 0.15) is 102 Å². The molecule has 0 saturated carbocycles. The van der Waals surface area contributed by atoms with Crippen molar-refractivity contribution in [2.45, 2.75) is 115 Å². The minimum atomic E-state index is -0.320. The summed E-state index contributed by atoms with van der Waals surface area (Å²) in [7, 11) is 6.22. The Morgan fingerprint density at radius 3 is 1.97 bits per heavy atom. The smallest absolute Gasteiger partial charge is 0.281 e. The molecule has 0 aliphatic carbocycles. The summed E-state index contributed by atoms with van der Waals surface area (Å²) in [5, 5.41) is 3.13. The third kappa shape index (κ3) is 13.0. The van der Waals surface area contributed by atoms with Crippen LogP contribution in [0.15, 0.2) is 30.3 Å². The van der Waals surface area contributed by atoms with Crippen molar-refractivity contribution in [1.29, 1.82) is 0 Å². The van der Waals surface area contributed by atoms with E-state index in [4.69, 9.17) is 0 Å². The maximum absolute atomic E-state index is 13.6. The molecule has 5 nitrogen and oxygen atoms in total. The zero-order valence-corrected chi connectivity index (χ0v) is 26.3. The second-order valence-electron chi connectivity index (χ2n) is 11.7. The molecule has 1 saturated heterocycles. The van der Waals surface area contributed by atoms with Gasteiger partial charge in [-0.2, -0.15) is 0 Å². The summed E-state index contributed by atoms with van der Waals surface area (Å²) in [4.78, 5) is 28.5. The quantitative estimate of drug-likeness (QED) is 0.155. The van der Waals surface area contributed by atoms with E-state index in [0.29, 0.717) is 17.4 Å². The van der Waals surface area contributed by atoms with E-state index in [9.17, 15) is 9.59 Å². The number of benzene rings is 1. The van der Waals surface area contributed by atoms with Crippen LogP contribution in [-0.4, -0.2) is 67.5 Å². The monoisotopic (exact) mass is 627 g/mol.